The van der Waals surface area contributed by atoms with E-state index in [0.717, 1.165) is 0 Å². The topological polar surface area (TPSA) is 93.1 Å². The number of hydrogen-bond acceptors (Lipinski definition) is 4. The highest BCUT2D eigenvalue weighted by molar-refractivity contribution is 7.46. The van der Waals surface area contributed by atoms with E-state index in [-0.39, 0.29) is 12.3 Å². The molecule has 0 amide bonds. The zero-order valence-corrected chi connectivity index (χ0v) is 7.65. The maximum Gasteiger partial charge on any atom is 0.505 e. The van der Waals surface area contributed by atoms with Crippen molar-refractivity contribution in [1.82, 2.24) is 0 Å². The normalized spacial score (nSPS) is 11.8. The molecule has 0 aliphatic rings. The molecule has 0 aromatic carbocycles. The van der Waals surface area contributed by atoms with Gasteiger partial charge in [-0.05, 0) is 5.92 Å². The third-order valence-electron chi connectivity index (χ3n) is 0.802. The quantitative estimate of drug-likeness (QED) is 0.390. The lowest BCUT2D eigenvalue weighted by Gasteiger charge is -2.04. The molecule has 0 aliphatic carbocycles. The van der Waals surface area contributed by atoms with Gasteiger partial charge in [-0.2, -0.15) is 0 Å². The van der Waals surface area contributed by atoms with Gasteiger partial charge in [0, 0.05) is 0 Å². The Kier molecular flexibility index (Phi) is 4.41. The fourth-order valence-corrected chi connectivity index (χ4v) is 0.638. The average molecular weight is 198 g/mol. The molecule has 0 aromatic rings. The maximum absolute atomic E-state index is 10.6. The van der Waals surface area contributed by atoms with Crippen molar-refractivity contribution in [3.63, 3.8) is 0 Å². The van der Waals surface area contributed by atoms with Gasteiger partial charge in [-0.15, -0.1) is 0 Å². The molecule has 0 spiro atoms. The van der Waals surface area contributed by atoms with Gasteiger partial charge in [0.05, 0.1) is 6.42 Å². The zero-order chi connectivity index (χ0) is 9.78. The van der Waals surface area contributed by atoms with Crippen LogP contribution < -0.4 is 0 Å². The third kappa shape index (κ3) is 7.68. The SMILES string of the molecule is CC(C)CC(=O)OOP(=O)(O)O. The second-order valence-corrected chi connectivity index (χ2v) is 3.75. The molecule has 0 unspecified atom stereocenters. The van der Waals surface area contributed by atoms with E-state index in [4.69, 9.17) is 9.79 Å². The zero-order valence-electron chi connectivity index (χ0n) is 6.76. The minimum Gasteiger partial charge on any atom is -0.301 e. The predicted octanol–water partition coefficient (Wildman–Crippen LogP) is 0.600. The first-order valence-corrected chi connectivity index (χ1v) is 4.79. The summed E-state index contributed by atoms with van der Waals surface area (Å²) in [4.78, 5) is 30.6. The first-order valence-electron chi connectivity index (χ1n) is 3.26. The summed E-state index contributed by atoms with van der Waals surface area (Å²) in [6.07, 6.45) is 0.0556. The summed E-state index contributed by atoms with van der Waals surface area (Å²) >= 11 is 0. The number of hydrogen-bond donors (Lipinski definition) is 2. The molecule has 2 N–H and O–H groups in total. The summed E-state index contributed by atoms with van der Waals surface area (Å²) in [5, 5.41) is 0. The Morgan fingerprint density at radius 3 is 2.33 bits per heavy atom. The Balaban J connectivity index is 3.66. The number of phosphoric acid groups is 1. The maximum atomic E-state index is 10.6. The lowest BCUT2D eigenvalue weighted by Crippen LogP contribution is -2.07. The molecule has 0 rings (SSSR count). The van der Waals surface area contributed by atoms with Crippen molar-refractivity contribution in [2.24, 2.45) is 5.92 Å². The molecule has 12 heavy (non-hydrogen) atoms. The Bertz CT molecular complexity index is 194. The van der Waals surface area contributed by atoms with Crippen molar-refractivity contribution in [1.29, 1.82) is 0 Å². The molecule has 7 heteroatoms. The van der Waals surface area contributed by atoms with Crippen molar-refractivity contribution in [3.8, 4) is 0 Å². The van der Waals surface area contributed by atoms with Crippen molar-refractivity contribution < 1.29 is 28.7 Å². The van der Waals surface area contributed by atoms with Crippen molar-refractivity contribution in [2.75, 3.05) is 0 Å². The summed E-state index contributed by atoms with van der Waals surface area (Å²) in [7, 11) is -4.71. The van der Waals surface area contributed by atoms with Crippen molar-refractivity contribution in [3.05, 3.63) is 0 Å². The highest BCUT2D eigenvalue weighted by Crippen LogP contribution is 2.36. The van der Waals surface area contributed by atoms with Crippen LogP contribution in [0.15, 0.2) is 0 Å². The van der Waals surface area contributed by atoms with Crippen LogP contribution in [-0.4, -0.2) is 15.8 Å². The molecule has 0 atom stereocenters. The molecule has 0 radical (unpaired) electrons. The van der Waals surface area contributed by atoms with E-state index in [0.29, 0.717) is 0 Å². The minimum absolute atomic E-state index is 0.0536. The molecule has 0 saturated heterocycles. The number of carbonyl (C=O) groups is 1. The molecular weight excluding hydrogens is 187 g/mol. The average Bonchev–Trinajstić information content (AvgIpc) is 1.80. The highest BCUT2D eigenvalue weighted by Gasteiger charge is 2.19. The summed E-state index contributed by atoms with van der Waals surface area (Å²) in [6, 6.07) is 0. The van der Waals surface area contributed by atoms with Gasteiger partial charge >= 0.3 is 13.8 Å². The van der Waals surface area contributed by atoms with Crippen LogP contribution in [0.4, 0.5) is 0 Å². The second-order valence-electron chi connectivity index (χ2n) is 2.62. The van der Waals surface area contributed by atoms with Crippen LogP contribution in [0.1, 0.15) is 20.3 Å². The molecule has 0 bridgehead atoms. The van der Waals surface area contributed by atoms with Crippen LogP contribution in [0.3, 0.4) is 0 Å². The summed E-state index contributed by atoms with van der Waals surface area (Å²) in [5.41, 5.74) is 0. The largest absolute Gasteiger partial charge is 0.505 e. The van der Waals surface area contributed by atoms with Gasteiger partial charge in [0.15, 0.2) is 0 Å². The van der Waals surface area contributed by atoms with E-state index in [1.54, 1.807) is 13.8 Å². The fourth-order valence-electron chi connectivity index (χ4n) is 0.457. The smallest absolute Gasteiger partial charge is 0.301 e. The van der Waals surface area contributed by atoms with E-state index in [2.05, 4.69) is 9.56 Å². The Hall–Kier alpha value is -0.420. The number of rotatable bonds is 4. The molecule has 0 saturated carbocycles. The van der Waals surface area contributed by atoms with E-state index in [1.165, 1.54) is 0 Å². The molecule has 72 valence electrons. The standard InChI is InChI=1S/C5H11O6P/c1-4(2)3-5(6)10-11-12(7,8)9/h4H,3H2,1-2H3,(H2,7,8,9). The Morgan fingerprint density at radius 2 is 2.00 bits per heavy atom. The van der Waals surface area contributed by atoms with Crippen LogP contribution in [0.5, 0.6) is 0 Å². The van der Waals surface area contributed by atoms with Gasteiger partial charge in [0.2, 0.25) is 0 Å². The van der Waals surface area contributed by atoms with Crippen LogP contribution in [0.2, 0.25) is 0 Å². The lowest BCUT2D eigenvalue weighted by molar-refractivity contribution is -0.223. The predicted molar refractivity (Wildman–Crippen MR) is 38.7 cm³/mol. The Labute approximate surface area is 69.7 Å². The molecule has 0 heterocycles. The van der Waals surface area contributed by atoms with Crippen LogP contribution in [0, 0.1) is 5.92 Å². The van der Waals surface area contributed by atoms with Gasteiger partial charge in [-0.25, -0.2) is 9.36 Å². The molecule has 0 aliphatic heterocycles. The highest BCUT2D eigenvalue weighted by atomic mass is 31.2. The van der Waals surface area contributed by atoms with Crippen molar-refractivity contribution >= 4 is 13.8 Å². The van der Waals surface area contributed by atoms with E-state index in [9.17, 15) is 9.36 Å². The summed E-state index contributed by atoms with van der Waals surface area (Å²) in [5.74, 6) is -0.744. The summed E-state index contributed by atoms with van der Waals surface area (Å²) < 4.78 is 13.5. The fraction of sp³-hybridized carbons (Fsp3) is 0.800. The van der Waals surface area contributed by atoms with Gasteiger partial charge in [0.25, 0.3) is 0 Å². The molecule has 0 fully saturated rings. The first kappa shape index (κ1) is 11.6. The van der Waals surface area contributed by atoms with E-state index in [1.807, 2.05) is 0 Å². The van der Waals surface area contributed by atoms with E-state index >= 15 is 0 Å². The summed E-state index contributed by atoms with van der Waals surface area (Å²) in [6.45, 7) is 3.53. The van der Waals surface area contributed by atoms with Gasteiger partial charge in [-0.3, -0.25) is 4.89 Å². The molecule has 0 aromatic heterocycles. The molecular formula is C5H11O6P. The number of carbonyl (C=O) groups excluding carboxylic acids is 1. The third-order valence-corrected chi connectivity index (χ3v) is 1.07. The molecule has 6 nitrogen and oxygen atoms in total. The lowest BCUT2D eigenvalue weighted by atomic mass is 10.1. The minimum atomic E-state index is -4.71. The van der Waals surface area contributed by atoms with Gasteiger partial charge in [-0.1, -0.05) is 18.5 Å². The van der Waals surface area contributed by atoms with Crippen LogP contribution in [-0.2, 0) is 18.9 Å². The van der Waals surface area contributed by atoms with Crippen LogP contribution in [0.25, 0.3) is 0 Å². The Morgan fingerprint density at radius 1 is 1.50 bits per heavy atom. The van der Waals surface area contributed by atoms with E-state index < -0.39 is 13.8 Å². The van der Waals surface area contributed by atoms with Gasteiger partial charge < -0.3 is 9.79 Å². The second kappa shape index (κ2) is 4.57. The van der Waals surface area contributed by atoms with Crippen LogP contribution >= 0.6 is 7.82 Å². The van der Waals surface area contributed by atoms with Gasteiger partial charge in [0.1, 0.15) is 0 Å². The first-order chi connectivity index (χ1) is 5.31. The van der Waals surface area contributed by atoms with Crippen molar-refractivity contribution in [2.45, 2.75) is 20.3 Å². The monoisotopic (exact) mass is 198 g/mol.